The van der Waals surface area contributed by atoms with Gasteiger partial charge in [0.05, 0.1) is 5.56 Å². The minimum absolute atomic E-state index is 0.729. The number of pyridine rings is 1. The number of hydrogen-bond donors (Lipinski definition) is 0. The lowest BCUT2D eigenvalue weighted by Crippen LogP contribution is -2.10. The maximum Gasteiger partial charge on any atom is 0.115 e. The molecule has 0 unspecified atom stereocenters. The molecule has 3 aromatic rings. The van der Waals surface area contributed by atoms with Crippen molar-refractivity contribution in [2.24, 2.45) is 0 Å². The predicted octanol–water partition coefficient (Wildman–Crippen LogP) is 6.61. The monoisotopic (exact) mass is 396 g/mol. The molecule has 1 aromatic heterocycles. The Morgan fingerprint density at radius 3 is 2.55 bits per heavy atom. The van der Waals surface area contributed by atoms with Crippen LogP contribution in [-0.4, -0.2) is 10.7 Å². The summed E-state index contributed by atoms with van der Waals surface area (Å²) in [6.45, 7) is 2.09. The van der Waals surface area contributed by atoms with E-state index in [0.717, 1.165) is 40.3 Å². The molecule has 1 heterocycles. The molecule has 3 heteroatoms. The van der Waals surface area contributed by atoms with E-state index in [4.69, 9.17) is 4.98 Å². The van der Waals surface area contributed by atoms with Crippen LogP contribution in [0.1, 0.15) is 40.8 Å². The smallest absolute Gasteiger partial charge is 0.115 e. The molecule has 29 heavy (non-hydrogen) atoms. The zero-order valence-corrected chi connectivity index (χ0v) is 17.5. The first-order valence-electron chi connectivity index (χ1n) is 10.1. The topological polar surface area (TPSA) is 36.7 Å². The van der Waals surface area contributed by atoms with Gasteiger partial charge in [-0.3, -0.25) is 0 Å². The highest BCUT2D eigenvalue weighted by atomic mass is 32.2. The average molecular weight is 397 g/mol. The van der Waals surface area contributed by atoms with Crippen molar-refractivity contribution >= 4 is 17.8 Å². The number of fused-ring (bicyclic) bond motifs is 1. The summed E-state index contributed by atoms with van der Waals surface area (Å²) < 4.78 is 0. The van der Waals surface area contributed by atoms with Gasteiger partial charge in [-0.25, -0.2) is 4.98 Å². The summed E-state index contributed by atoms with van der Waals surface area (Å²) in [5.41, 5.74) is 7.85. The number of aromatic nitrogens is 1. The Hall–Kier alpha value is -2.83. The van der Waals surface area contributed by atoms with Crippen molar-refractivity contribution in [1.29, 1.82) is 5.26 Å². The first-order chi connectivity index (χ1) is 14.3. The second-order valence-electron chi connectivity index (χ2n) is 7.40. The largest absolute Gasteiger partial charge is 0.245 e. The van der Waals surface area contributed by atoms with Gasteiger partial charge in [0.2, 0.25) is 0 Å². The van der Waals surface area contributed by atoms with Crippen LogP contribution in [0.25, 0.3) is 17.2 Å². The Morgan fingerprint density at radius 2 is 1.79 bits per heavy atom. The molecule has 1 aliphatic carbocycles. The fourth-order valence-corrected chi connectivity index (χ4v) is 4.66. The van der Waals surface area contributed by atoms with Gasteiger partial charge < -0.3 is 0 Å². The fraction of sp³-hybridized carbons (Fsp3) is 0.231. The van der Waals surface area contributed by atoms with E-state index >= 15 is 0 Å². The fourth-order valence-electron chi connectivity index (χ4n) is 3.84. The molecule has 0 saturated carbocycles. The number of nitriles is 1. The lowest BCUT2D eigenvalue weighted by molar-refractivity contribution is 0.661. The van der Waals surface area contributed by atoms with E-state index in [2.05, 4.69) is 61.5 Å². The van der Waals surface area contributed by atoms with Crippen LogP contribution in [0.3, 0.4) is 0 Å². The summed E-state index contributed by atoms with van der Waals surface area (Å²) in [6.07, 6.45) is 8.64. The van der Waals surface area contributed by atoms with Crippen LogP contribution >= 0.6 is 11.8 Å². The summed E-state index contributed by atoms with van der Waals surface area (Å²) in [5, 5.41) is 10.9. The molecule has 0 radical (unpaired) electrons. The van der Waals surface area contributed by atoms with Crippen molar-refractivity contribution in [2.75, 3.05) is 5.75 Å². The standard InChI is InChI=1S/C26H24N2S/c1-19-13-15-21(16-14-19)25-22-11-5-6-12-24(22)28-26(23(25)18-27)29-17-7-10-20-8-3-2-4-9-20/h2-4,7-10,13-16H,5-6,11-12,17H2,1H3/b10-7+. The number of nitrogens with zero attached hydrogens (tertiary/aromatic N) is 2. The third-order valence-corrected chi connectivity index (χ3v) is 6.25. The second-order valence-corrected chi connectivity index (χ2v) is 8.41. The highest BCUT2D eigenvalue weighted by molar-refractivity contribution is 7.99. The van der Waals surface area contributed by atoms with Crippen LogP contribution in [0.4, 0.5) is 0 Å². The molecule has 4 rings (SSSR count). The van der Waals surface area contributed by atoms with Gasteiger partial charge in [0.25, 0.3) is 0 Å². The third kappa shape index (κ3) is 4.44. The number of aryl methyl sites for hydroxylation is 2. The van der Waals surface area contributed by atoms with E-state index in [1.165, 1.54) is 35.2 Å². The van der Waals surface area contributed by atoms with Crippen molar-refractivity contribution in [3.8, 4) is 17.2 Å². The Labute approximate surface area is 177 Å². The van der Waals surface area contributed by atoms with Crippen molar-refractivity contribution in [2.45, 2.75) is 37.6 Å². The predicted molar refractivity (Wildman–Crippen MR) is 122 cm³/mol. The quantitative estimate of drug-likeness (QED) is 0.455. The maximum atomic E-state index is 10.0. The SMILES string of the molecule is Cc1ccc(-c2c(C#N)c(SC/C=C/c3ccccc3)nc3c2CCCC3)cc1. The maximum absolute atomic E-state index is 10.0. The summed E-state index contributed by atoms with van der Waals surface area (Å²) in [5.74, 6) is 0.794. The van der Waals surface area contributed by atoms with Gasteiger partial charge >= 0.3 is 0 Å². The van der Waals surface area contributed by atoms with Crippen LogP contribution in [-0.2, 0) is 12.8 Å². The van der Waals surface area contributed by atoms with Gasteiger partial charge in [0, 0.05) is 17.0 Å². The second kappa shape index (κ2) is 9.11. The van der Waals surface area contributed by atoms with Gasteiger partial charge in [0.15, 0.2) is 0 Å². The molecular formula is C26H24N2S. The van der Waals surface area contributed by atoms with Crippen LogP contribution in [0.5, 0.6) is 0 Å². The summed E-state index contributed by atoms with van der Waals surface area (Å²) in [4.78, 5) is 4.94. The Bertz CT molecular complexity index is 1060. The molecule has 144 valence electrons. The molecule has 0 spiro atoms. The molecule has 2 nitrogen and oxygen atoms in total. The zero-order valence-electron chi connectivity index (χ0n) is 16.7. The van der Waals surface area contributed by atoms with Gasteiger partial charge in [-0.1, -0.05) is 72.3 Å². The minimum Gasteiger partial charge on any atom is -0.245 e. The first-order valence-corrected chi connectivity index (χ1v) is 11.1. The molecule has 0 atom stereocenters. The van der Waals surface area contributed by atoms with Crippen molar-refractivity contribution in [1.82, 2.24) is 4.98 Å². The van der Waals surface area contributed by atoms with Gasteiger partial charge in [-0.2, -0.15) is 5.26 Å². The van der Waals surface area contributed by atoms with Crippen LogP contribution < -0.4 is 0 Å². The van der Waals surface area contributed by atoms with Gasteiger partial charge in [-0.05, 0) is 49.3 Å². The first kappa shape index (κ1) is 19.5. The van der Waals surface area contributed by atoms with E-state index in [0.29, 0.717) is 0 Å². The summed E-state index contributed by atoms with van der Waals surface area (Å²) in [6, 6.07) is 21.3. The summed E-state index contributed by atoms with van der Waals surface area (Å²) in [7, 11) is 0. The zero-order chi connectivity index (χ0) is 20.1. The Kier molecular flexibility index (Phi) is 6.12. The van der Waals surface area contributed by atoms with E-state index in [1.807, 2.05) is 18.2 Å². The highest BCUT2D eigenvalue weighted by Gasteiger charge is 2.22. The third-order valence-electron chi connectivity index (χ3n) is 5.32. The molecule has 0 bridgehead atoms. The molecule has 0 N–H and O–H groups in total. The number of hydrogen-bond acceptors (Lipinski definition) is 3. The molecule has 1 aliphatic rings. The lowest BCUT2D eigenvalue weighted by Gasteiger charge is -2.22. The van der Waals surface area contributed by atoms with Crippen LogP contribution in [0.15, 0.2) is 65.7 Å². The van der Waals surface area contributed by atoms with Crippen LogP contribution in [0.2, 0.25) is 0 Å². The lowest BCUT2D eigenvalue weighted by atomic mass is 9.87. The molecule has 0 fully saturated rings. The average Bonchev–Trinajstić information content (AvgIpc) is 2.77. The number of thioether (sulfide) groups is 1. The molecule has 2 aromatic carbocycles. The normalized spacial score (nSPS) is 13.2. The number of benzene rings is 2. The van der Waals surface area contributed by atoms with E-state index in [-0.39, 0.29) is 0 Å². The van der Waals surface area contributed by atoms with E-state index in [9.17, 15) is 5.26 Å². The van der Waals surface area contributed by atoms with Crippen molar-refractivity contribution in [3.05, 3.63) is 88.6 Å². The van der Waals surface area contributed by atoms with Crippen LogP contribution in [0, 0.1) is 18.3 Å². The van der Waals surface area contributed by atoms with Crippen molar-refractivity contribution < 1.29 is 0 Å². The van der Waals surface area contributed by atoms with Crippen molar-refractivity contribution in [3.63, 3.8) is 0 Å². The van der Waals surface area contributed by atoms with Gasteiger partial charge in [-0.15, -0.1) is 11.8 Å². The van der Waals surface area contributed by atoms with E-state index < -0.39 is 0 Å². The summed E-state index contributed by atoms with van der Waals surface area (Å²) >= 11 is 1.66. The van der Waals surface area contributed by atoms with E-state index in [1.54, 1.807) is 11.8 Å². The molecular weight excluding hydrogens is 372 g/mol. The molecule has 0 saturated heterocycles. The number of rotatable bonds is 5. The molecule has 0 aliphatic heterocycles. The highest BCUT2D eigenvalue weighted by Crippen LogP contribution is 2.38. The Balaban J connectivity index is 1.68. The van der Waals surface area contributed by atoms with Gasteiger partial charge in [0.1, 0.15) is 11.1 Å². The Morgan fingerprint density at radius 1 is 1.03 bits per heavy atom. The molecule has 0 amide bonds. The minimum atomic E-state index is 0.729.